The minimum Gasteiger partial charge on any atom is -0.381 e. The molecule has 0 radical (unpaired) electrons. The average molecular weight is 521 g/mol. The van der Waals surface area contributed by atoms with Crippen LogP contribution in [0.4, 0.5) is 24.5 Å². The first kappa shape index (κ1) is 28.8. The van der Waals surface area contributed by atoms with E-state index in [1.54, 1.807) is 18.2 Å². The Morgan fingerprint density at radius 2 is 1.68 bits per heavy atom. The molecule has 1 aliphatic rings. The molecule has 0 aliphatic carbocycles. The fourth-order valence-electron chi connectivity index (χ4n) is 4.48. The number of benzene rings is 2. The van der Waals surface area contributed by atoms with Gasteiger partial charge in [-0.3, -0.25) is 10.1 Å². The number of ether oxygens (including phenoxy) is 1. The number of nitrogens with one attached hydrogen (secondary N) is 3. The molecule has 0 spiro atoms. The zero-order chi connectivity index (χ0) is 26.8. The number of alkyl halides is 3. The Balaban J connectivity index is 1.69. The van der Waals surface area contributed by atoms with Crippen molar-refractivity contribution in [3.63, 3.8) is 0 Å². The van der Waals surface area contributed by atoms with Gasteiger partial charge in [0.1, 0.15) is 6.04 Å². The summed E-state index contributed by atoms with van der Waals surface area (Å²) in [5.74, 6) is -0.388. The molecule has 3 atom stereocenters. The van der Waals surface area contributed by atoms with Gasteiger partial charge in [-0.15, -0.1) is 0 Å². The summed E-state index contributed by atoms with van der Waals surface area (Å²) in [4.78, 5) is 15.5. The molecule has 0 saturated carbocycles. The lowest BCUT2D eigenvalue weighted by Gasteiger charge is -2.31. The number of amides is 1. The summed E-state index contributed by atoms with van der Waals surface area (Å²) in [6, 6.07) is 12.5. The number of anilines is 2. The number of halogens is 3. The number of morpholine rings is 1. The normalized spacial score (nSPS) is 16.8. The van der Waals surface area contributed by atoms with Gasteiger partial charge in [0.25, 0.3) is 0 Å². The molecule has 3 rings (SSSR count). The molecule has 1 saturated heterocycles. The van der Waals surface area contributed by atoms with Crippen molar-refractivity contribution >= 4 is 17.3 Å². The second kappa shape index (κ2) is 13.7. The van der Waals surface area contributed by atoms with Crippen molar-refractivity contribution in [1.29, 1.82) is 0 Å². The summed E-state index contributed by atoms with van der Waals surface area (Å²) >= 11 is 0. The largest absolute Gasteiger partial charge is 0.407 e. The fourth-order valence-corrected chi connectivity index (χ4v) is 4.48. The molecule has 9 heteroatoms. The fraction of sp³-hybridized carbons (Fsp3) is 0.536. The third-order valence-corrected chi connectivity index (χ3v) is 6.49. The summed E-state index contributed by atoms with van der Waals surface area (Å²) in [6.45, 7) is 9.16. The third-order valence-electron chi connectivity index (χ3n) is 6.49. The zero-order valence-electron chi connectivity index (χ0n) is 21.9. The van der Waals surface area contributed by atoms with Crippen molar-refractivity contribution < 1.29 is 22.7 Å². The highest BCUT2D eigenvalue weighted by Gasteiger charge is 2.43. The van der Waals surface area contributed by atoms with Crippen LogP contribution in [0.3, 0.4) is 0 Å². The highest BCUT2D eigenvalue weighted by Crippen LogP contribution is 2.33. The lowest BCUT2D eigenvalue weighted by molar-refractivity contribution is -0.161. The Morgan fingerprint density at radius 3 is 2.30 bits per heavy atom. The van der Waals surface area contributed by atoms with E-state index in [1.807, 2.05) is 39.0 Å². The van der Waals surface area contributed by atoms with Crippen LogP contribution < -0.4 is 20.9 Å². The van der Waals surface area contributed by atoms with Gasteiger partial charge in [0.2, 0.25) is 5.91 Å². The Bertz CT molecular complexity index is 965. The number of rotatable bonds is 12. The van der Waals surface area contributed by atoms with Gasteiger partial charge in [-0.2, -0.15) is 13.2 Å². The quantitative estimate of drug-likeness (QED) is 0.362. The molecular weight excluding hydrogens is 481 g/mol. The predicted molar refractivity (Wildman–Crippen MR) is 142 cm³/mol. The van der Waals surface area contributed by atoms with Crippen LogP contribution in [-0.4, -0.2) is 57.0 Å². The van der Waals surface area contributed by atoms with Gasteiger partial charge in [0.05, 0.1) is 30.6 Å². The van der Waals surface area contributed by atoms with E-state index in [1.165, 1.54) is 12.1 Å². The molecule has 1 amide bonds. The number of nitrogens with zero attached hydrogens (tertiary/aromatic N) is 1. The van der Waals surface area contributed by atoms with Gasteiger partial charge in [0.15, 0.2) is 0 Å². The van der Waals surface area contributed by atoms with Crippen LogP contribution in [0.2, 0.25) is 0 Å². The number of hydrogen-bond donors (Lipinski definition) is 3. The van der Waals surface area contributed by atoms with Crippen molar-refractivity contribution in [2.24, 2.45) is 5.92 Å². The maximum absolute atomic E-state index is 14.0. The van der Waals surface area contributed by atoms with Crippen molar-refractivity contribution in [3.05, 3.63) is 60.2 Å². The van der Waals surface area contributed by atoms with E-state index in [4.69, 9.17) is 4.74 Å². The number of carbonyl (C=O) groups excluding carboxylic acids is 1. The number of carbonyl (C=O) groups is 1. The van der Waals surface area contributed by atoms with Crippen LogP contribution in [0, 0.1) is 5.92 Å². The van der Waals surface area contributed by atoms with Gasteiger partial charge in [-0.05, 0) is 36.5 Å². The summed E-state index contributed by atoms with van der Waals surface area (Å²) in [5.41, 5.74) is 2.11. The predicted octanol–water partition coefficient (Wildman–Crippen LogP) is 5.14. The first-order chi connectivity index (χ1) is 17.7. The number of para-hydroxylation sites is 2. The Hall–Kier alpha value is -2.78. The molecule has 2 aromatic rings. The molecule has 6 nitrogen and oxygen atoms in total. The highest BCUT2D eigenvalue weighted by molar-refractivity contribution is 5.82. The van der Waals surface area contributed by atoms with Gasteiger partial charge >= 0.3 is 6.18 Å². The zero-order valence-corrected chi connectivity index (χ0v) is 21.9. The van der Waals surface area contributed by atoms with Gasteiger partial charge in [-0.1, -0.05) is 63.2 Å². The molecule has 37 heavy (non-hydrogen) atoms. The van der Waals surface area contributed by atoms with Crippen molar-refractivity contribution in [3.8, 4) is 0 Å². The van der Waals surface area contributed by atoms with Gasteiger partial charge < -0.3 is 20.3 Å². The van der Waals surface area contributed by atoms with Crippen LogP contribution in [0.1, 0.15) is 45.2 Å². The Kier molecular flexibility index (Phi) is 10.6. The average Bonchev–Trinajstić information content (AvgIpc) is 2.89. The van der Waals surface area contributed by atoms with Crippen LogP contribution in [-0.2, 0) is 9.53 Å². The summed E-state index contributed by atoms with van der Waals surface area (Å²) in [7, 11) is 0. The maximum Gasteiger partial charge on any atom is 0.407 e. The van der Waals surface area contributed by atoms with Gasteiger partial charge in [0, 0.05) is 25.7 Å². The maximum atomic E-state index is 14.0. The van der Waals surface area contributed by atoms with Crippen LogP contribution in [0.5, 0.6) is 0 Å². The minimum atomic E-state index is -4.54. The second-order valence-corrected chi connectivity index (χ2v) is 9.85. The van der Waals surface area contributed by atoms with Crippen LogP contribution in [0.15, 0.2) is 54.6 Å². The topological polar surface area (TPSA) is 65.6 Å². The minimum absolute atomic E-state index is 0.0338. The Morgan fingerprint density at radius 1 is 1.03 bits per heavy atom. The standard InChI is InChI=1S/C28H39F3N4O2/c1-4-22(19-32-23-12-8-9-13-25(23)35-14-16-37-17-15-35)33-27(36)24(18-20(2)3)34-26(28(29,30)31)21-10-6-5-7-11-21/h5-13,20,22,24,26,32,34H,4,14-19H2,1-3H3,(H,33,36)/t22-,24-,26-/m0/s1. The molecule has 3 N–H and O–H groups in total. The van der Waals surface area contributed by atoms with E-state index >= 15 is 0 Å². The summed E-state index contributed by atoms with van der Waals surface area (Å²) in [5, 5.41) is 9.05. The Labute approximate surface area is 218 Å². The molecule has 204 valence electrons. The lowest BCUT2D eigenvalue weighted by atomic mass is 9.99. The molecule has 0 unspecified atom stereocenters. The second-order valence-electron chi connectivity index (χ2n) is 9.85. The summed E-state index contributed by atoms with van der Waals surface area (Å²) < 4.78 is 47.4. The van der Waals surface area contributed by atoms with E-state index in [-0.39, 0.29) is 23.9 Å². The van der Waals surface area contributed by atoms with Crippen LogP contribution >= 0.6 is 0 Å². The monoisotopic (exact) mass is 520 g/mol. The van der Waals surface area contributed by atoms with E-state index in [0.717, 1.165) is 24.5 Å². The molecule has 2 aromatic carbocycles. The van der Waals surface area contributed by atoms with Crippen molar-refractivity contribution in [1.82, 2.24) is 10.6 Å². The third kappa shape index (κ3) is 8.64. The molecule has 1 fully saturated rings. The van der Waals surface area contributed by atoms with Gasteiger partial charge in [-0.25, -0.2) is 0 Å². The molecule has 1 aliphatic heterocycles. The van der Waals surface area contributed by atoms with E-state index in [0.29, 0.717) is 26.2 Å². The SMILES string of the molecule is CC[C@@H](CNc1ccccc1N1CCOCC1)NC(=O)[C@H](CC(C)C)N[C@@H](c1ccccc1)C(F)(F)F. The smallest absolute Gasteiger partial charge is 0.381 e. The molecule has 0 bridgehead atoms. The first-order valence-corrected chi connectivity index (χ1v) is 13.0. The molecule has 1 heterocycles. The highest BCUT2D eigenvalue weighted by atomic mass is 19.4. The van der Waals surface area contributed by atoms with Crippen molar-refractivity contribution in [2.45, 2.75) is 57.9 Å². The lowest BCUT2D eigenvalue weighted by Crippen LogP contribution is -2.52. The van der Waals surface area contributed by atoms with Crippen LogP contribution in [0.25, 0.3) is 0 Å². The first-order valence-electron chi connectivity index (χ1n) is 13.0. The van der Waals surface area contributed by atoms with Crippen molar-refractivity contribution in [2.75, 3.05) is 43.1 Å². The van der Waals surface area contributed by atoms with E-state index in [9.17, 15) is 18.0 Å². The molecule has 0 aromatic heterocycles. The van der Waals surface area contributed by atoms with E-state index in [2.05, 4.69) is 26.9 Å². The van der Waals surface area contributed by atoms with E-state index < -0.39 is 24.2 Å². The number of hydrogen-bond acceptors (Lipinski definition) is 5. The summed E-state index contributed by atoms with van der Waals surface area (Å²) in [6.07, 6.45) is -3.62. The molecular formula is C28H39F3N4O2.